The standard InChI is InChI=1S/C21H27N3O2S2/c25-28(26,24-16-6-1-2-7-17-24)20-12-10-18(11-13-20)14-15-22-21(27)23-19-8-4-3-5-9-19/h3-5,8-13H,1-2,6-7,14-17H2,(H2,22,23,27). The highest BCUT2D eigenvalue weighted by Crippen LogP contribution is 2.20. The van der Waals surface area contributed by atoms with Gasteiger partial charge in [0.05, 0.1) is 4.90 Å². The molecule has 3 rings (SSSR count). The number of anilines is 1. The number of nitrogens with zero attached hydrogens (tertiary/aromatic N) is 1. The lowest BCUT2D eigenvalue weighted by Gasteiger charge is -2.20. The van der Waals surface area contributed by atoms with Crippen LogP contribution in [0.15, 0.2) is 59.5 Å². The topological polar surface area (TPSA) is 61.4 Å². The Kier molecular flexibility index (Phi) is 7.42. The molecule has 0 aliphatic carbocycles. The molecule has 1 saturated heterocycles. The van der Waals surface area contributed by atoms with Gasteiger partial charge in [0.1, 0.15) is 0 Å². The third-order valence-electron chi connectivity index (χ3n) is 4.86. The molecule has 0 atom stereocenters. The number of hydrogen-bond donors (Lipinski definition) is 2. The van der Waals surface area contributed by atoms with Gasteiger partial charge in [-0.1, -0.05) is 43.2 Å². The van der Waals surface area contributed by atoms with Crippen molar-refractivity contribution in [2.75, 3.05) is 25.0 Å². The summed E-state index contributed by atoms with van der Waals surface area (Å²) in [6.07, 6.45) is 4.87. The van der Waals surface area contributed by atoms with Crippen molar-refractivity contribution in [2.24, 2.45) is 0 Å². The Hall–Kier alpha value is -1.96. The van der Waals surface area contributed by atoms with Crippen LogP contribution in [-0.4, -0.2) is 37.5 Å². The Morgan fingerprint density at radius 1 is 0.929 bits per heavy atom. The normalized spacial score (nSPS) is 15.6. The highest BCUT2D eigenvalue weighted by atomic mass is 32.2. The highest BCUT2D eigenvalue weighted by Gasteiger charge is 2.24. The van der Waals surface area contributed by atoms with Crippen molar-refractivity contribution in [3.63, 3.8) is 0 Å². The van der Waals surface area contributed by atoms with Gasteiger partial charge in [-0.3, -0.25) is 0 Å². The molecule has 2 aromatic rings. The number of para-hydroxylation sites is 1. The van der Waals surface area contributed by atoms with Gasteiger partial charge in [0.25, 0.3) is 0 Å². The van der Waals surface area contributed by atoms with Gasteiger partial charge in [0.2, 0.25) is 10.0 Å². The Morgan fingerprint density at radius 2 is 1.57 bits per heavy atom. The lowest BCUT2D eigenvalue weighted by molar-refractivity contribution is 0.423. The number of nitrogens with one attached hydrogen (secondary N) is 2. The van der Waals surface area contributed by atoms with Gasteiger partial charge < -0.3 is 10.6 Å². The molecule has 1 aliphatic heterocycles. The monoisotopic (exact) mass is 417 g/mol. The second-order valence-electron chi connectivity index (χ2n) is 6.96. The second kappa shape index (κ2) is 10.0. The molecule has 0 unspecified atom stereocenters. The van der Waals surface area contributed by atoms with Crippen LogP contribution in [0.2, 0.25) is 0 Å². The molecule has 0 aromatic heterocycles. The second-order valence-corrected chi connectivity index (χ2v) is 9.31. The first-order chi connectivity index (χ1) is 13.6. The Balaban J connectivity index is 1.50. The van der Waals surface area contributed by atoms with Crippen LogP contribution in [-0.2, 0) is 16.4 Å². The minimum Gasteiger partial charge on any atom is -0.362 e. The van der Waals surface area contributed by atoms with Crippen LogP contribution < -0.4 is 10.6 Å². The van der Waals surface area contributed by atoms with Crippen molar-refractivity contribution in [3.05, 3.63) is 60.2 Å². The van der Waals surface area contributed by atoms with E-state index in [-0.39, 0.29) is 0 Å². The molecule has 1 aliphatic rings. The first kappa shape index (κ1) is 20.8. The van der Waals surface area contributed by atoms with Gasteiger partial charge in [-0.2, -0.15) is 4.31 Å². The maximum Gasteiger partial charge on any atom is 0.243 e. The average molecular weight is 418 g/mol. The number of rotatable bonds is 6. The van der Waals surface area contributed by atoms with E-state index in [2.05, 4.69) is 10.6 Å². The largest absolute Gasteiger partial charge is 0.362 e. The summed E-state index contributed by atoms with van der Waals surface area (Å²) in [4.78, 5) is 0.382. The number of hydrogen-bond acceptors (Lipinski definition) is 3. The summed E-state index contributed by atoms with van der Waals surface area (Å²) < 4.78 is 27.3. The Labute approximate surface area is 173 Å². The zero-order valence-electron chi connectivity index (χ0n) is 15.9. The van der Waals surface area contributed by atoms with Gasteiger partial charge in [-0.25, -0.2) is 8.42 Å². The van der Waals surface area contributed by atoms with Gasteiger partial charge in [0.15, 0.2) is 5.11 Å². The zero-order chi connectivity index (χ0) is 19.8. The first-order valence-electron chi connectivity index (χ1n) is 9.75. The van der Waals surface area contributed by atoms with Crippen LogP contribution in [0, 0.1) is 0 Å². The predicted molar refractivity (Wildman–Crippen MR) is 118 cm³/mol. The fourth-order valence-electron chi connectivity index (χ4n) is 3.28. The van der Waals surface area contributed by atoms with Crippen LogP contribution in [0.25, 0.3) is 0 Å². The first-order valence-corrected chi connectivity index (χ1v) is 11.6. The fourth-order valence-corrected chi connectivity index (χ4v) is 5.01. The van der Waals surface area contributed by atoms with Crippen LogP contribution in [0.1, 0.15) is 31.2 Å². The molecule has 150 valence electrons. The minimum absolute atomic E-state index is 0.382. The molecule has 0 saturated carbocycles. The number of benzene rings is 2. The Bertz CT molecular complexity index is 860. The van der Waals surface area contributed by atoms with Gasteiger partial charge >= 0.3 is 0 Å². The average Bonchev–Trinajstić information content (AvgIpc) is 2.99. The minimum atomic E-state index is -3.38. The van der Waals surface area contributed by atoms with Crippen LogP contribution >= 0.6 is 12.2 Å². The summed E-state index contributed by atoms with van der Waals surface area (Å²) in [5, 5.41) is 6.89. The smallest absolute Gasteiger partial charge is 0.243 e. The van der Waals surface area contributed by atoms with E-state index in [0.717, 1.165) is 43.4 Å². The number of sulfonamides is 1. The van der Waals surface area contributed by atoms with E-state index >= 15 is 0 Å². The molecule has 0 bridgehead atoms. The van der Waals surface area contributed by atoms with Gasteiger partial charge in [-0.15, -0.1) is 0 Å². The Morgan fingerprint density at radius 3 is 2.21 bits per heavy atom. The molecule has 0 radical (unpaired) electrons. The van der Waals surface area contributed by atoms with E-state index < -0.39 is 10.0 Å². The third kappa shape index (κ3) is 5.77. The molecule has 1 heterocycles. The van der Waals surface area contributed by atoms with E-state index in [1.54, 1.807) is 16.4 Å². The summed E-state index contributed by atoms with van der Waals surface area (Å²) in [6, 6.07) is 17.0. The highest BCUT2D eigenvalue weighted by molar-refractivity contribution is 7.89. The van der Waals surface area contributed by atoms with Crippen molar-refractivity contribution < 1.29 is 8.42 Å². The molecular formula is C21H27N3O2S2. The molecule has 0 amide bonds. The fraction of sp³-hybridized carbons (Fsp3) is 0.381. The van der Waals surface area contributed by atoms with E-state index in [0.29, 0.717) is 29.6 Å². The molecule has 7 heteroatoms. The van der Waals surface area contributed by atoms with Gasteiger partial charge in [-0.05, 0) is 61.3 Å². The SMILES string of the molecule is O=S(=O)(c1ccc(CCNC(=S)Nc2ccccc2)cc1)N1CCCCCC1. The van der Waals surface area contributed by atoms with Crippen LogP contribution in [0.3, 0.4) is 0 Å². The zero-order valence-corrected chi connectivity index (χ0v) is 17.6. The van der Waals surface area contributed by atoms with Crippen LogP contribution in [0.5, 0.6) is 0 Å². The molecule has 2 N–H and O–H groups in total. The lowest BCUT2D eigenvalue weighted by Crippen LogP contribution is -2.32. The van der Waals surface area contributed by atoms with Crippen molar-refractivity contribution in [1.29, 1.82) is 0 Å². The third-order valence-corrected chi connectivity index (χ3v) is 7.02. The molecule has 2 aromatic carbocycles. The van der Waals surface area contributed by atoms with E-state index in [1.807, 2.05) is 42.5 Å². The lowest BCUT2D eigenvalue weighted by atomic mass is 10.1. The summed E-state index contributed by atoms with van der Waals surface area (Å²) >= 11 is 5.30. The summed E-state index contributed by atoms with van der Waals surface area (Å²) in [6.45, 7) is 1.93. The van der Waals surface area contributed by atoms with Gasteiger partial charge in [0, 0.05) is 25.3 Å². The van der Waals surface area contributed by atoms with Crippen LogP contribution in [0.4, 0.5) is 5.69 Å². The molecule has 28 heavy (non-hydrogen) atoms. The van der Waals surface area contributed by atoms with Crippen molar-refractivity contribution >= 4 is 33.0 Å². The predicted octanol–water partition coefficient (Wildman–Crippen LogP) is 3.78. The summed E-state index contributed by atoms with van der Waals surface area (Å²) in [5.41, 5.74) is 2.02. The van der Waals surface area contributed by atoms with Crippen molar-refractivity contribution in [1.82, 2.24) is 9.62 Å². The maximum atomic E-state index is 12.8. The molecule has 1 fully saturated rings. The molecule has 5 nitrogen and oxygen atoms in total. The molecular weight excluding hydrogens is 390 g/mol. The van der Waals surface area contributed by atoms with Crippen molar-refractivity contribution in [2.45, 2.75) is 37.0 Å². The summed E-state index contributed by atoms with van der Waals surface area (Å²) in [7, 11) is -3.38. The van der Waals surface area contributed by atoms with E-state index in [4.69, 9.17) is 12.2 Å². The summed E-state index contributed by atoms with van der Waals surface area (Å²) in [5.74, 6) is 0. The maximum absolute atomic E-state index is 12.8. The quantitative estimate of drug-likeness (QED) is 0.701. The van der Waals surface area contributed by atoms with E-state index in [9.17, 15) is 8.42 Å². The molecule has 0 spiro atoms. The van der Waals surface area contributed by atoms with Crippen molar-refractivity contribution in [3.8, 4) is 0 Å². The number of thiocarbonyl (C=S) groups is 1. The van der Waals surface area contributed by atoms with E-state index in [1.165, 1.54) is 0 Å².